The highest BCUT2D eigenvalue weighted by Crippen LogP contribution is 2.27. The molecule has 1 aliphatic heterocycles. The molecule has 0 saturated carbocycles. The lowest BCUT2D eigenvalue weighted by atomic mass is 9.98. The molecule has 31 heavy (non-hydrogen) atoms. The monoisotopic (exact) mass is 436 g/mol. The quantitative estimate of drug-likeness (QED) is 0.481. The van der Waals surface area contributed by atoms with Crippen molar-refractivity contribution >= 4 is 28.5 Å². The zero-order valence-corrected chi connectivity index (χ0v) is 19.7. The van der Waals surface area contributed by atoms with Crippen molar-refractivity contribution in [3.05, 3.63) is 78.1 Å². The SMILES string of the molecule is CC.N/C=C(\N)c1ccc2c(ccn2CC2CCN(SCCc3ccccc3)CC2)c1. The van der Waals surface area contributed by atoms with Gasteiger partial charge < -0.3 is 16.0 Å². The number of nitrogens with zero attached hydrogens (tertiary/aromatic N) is 2. The summed E-state index contributed by atoms with van der Waals surface area (Å²) >= 11 is 2.01. The summed E-state index contributed by atoms with van der Waals surface area (Å²) in [6.45, 7) is 7.46. The molecule has 5 heteroatoms. The highest BCUT2D eigenvalue weighted by Gasteiger charge is 2.20. The summed E-state index contributed by atoms with van der Waals surface area (Å²) in [5, 5.41) is 1.22. The molecule has 1 saturated heterocycles. The van der Waals surface area contributed by atoms with Crippen LogP contribution in [-0.4, -0.2) is 27.7 Å². The zero-order valence-electron chi connectivity index (χ0n) is 18.8. The number of benzene rings is 2. The number of aryl methyl sites for hydroxylation is 1. The van der Waals surface area contributed by atoms with Crippen LogP contribution >= 0.6 is 11.9 Å². The van der Waals surface area contributed by atoms with Crippen LogP contribution in [0.1, 0.15) is 37.8 Å². The van der Waals surface area contributed by atoms with Gasteiger partial charge in [-0.1, -0.05) is 62.2 Å². The van der Waals surface area contributed by atoms with Gasteiger partial charge in [-0.15, -0.1) is 0 Å². The van der Waals surface area contributed by atoms with E-state index in [2.05, 4.69) is 69.7 Å². The van der Waals surface area contributed by atoms with Crippen LogP contribution in [0.4, 0.5) is 0 Å². The number of hydrogen-bond donors (Lipinski definition) is 2. The minimum atomic E-state index is 0.622. The van der Waals surface area contributed by atoms with E-state index >= 15 is 0 Å². The number of hydrogen-bond acceptors (Lipinski definition) is 4. The van der Waals surface area contributed by atoms with Crippen molar-refractivity contribution in [3.8, 4) is 0 Å². The Hall–Kier alpha value is -2.37. The van der Waals surface area contributed by atoms with E-state index < -0.39 is 0 Å². The van der Waals surface area contributed by atoms with Gasteiger partial charge in [-0.05, 0) is 54.5 Å². The van der Waals surface area contributed by atoms with Crippen LogP contribution in [0.25, 0.3) is 16.6 Å². The van der Waals surface area contributed by atoms with E-state index in [0.29, 0.717) is 5.70 Å². The third-order valence-electron chi connectivity index (χ3n) is 5.82. The molecule has 1 fully saturated rings. The maximum absolute atomic E-state index is 5.94. The molecule has 0 aliphatic carbocycles. The Morgan fingerprint density at radius 3 is 2.52 bits per heavy atom. The summed E-state index contributed by atoms with van der Waals surface area (Å²) in [5.74, 6) is 1.91. The van der Waals surface area contributed by atoms with Gasteiger partial charge in [0.2, 0.25) is 0 Å². The summed E-state index contributed by atoms with van der Waals surface area (Å²) in [4.78, 5) is 0. The first-order chi connectivity index (χ1) is 15.2. The molecule has 0 bridgehead atoms. The number of nitrogens with two attached hydrogens (primary N) is 2. The van der Waals surface area contributed by atoms with Gasteiger partial charge in [0.15, 0.2) is 0 Å². The zero-order chi connectivity index (χ0) is 22.1. The second kappa shape index (κ2) is 11.9. The van der Waals surface area contributed by atoms with Crippen LogP contribution in [0.2, 0.25) is 0 Å². The minimum absolute atomic E-state index is 0.622. The van der Waals surface area contributed by atoms with Gasteiger partial charge in [-0.2, -0.15) is 0 Å². The van der Waals surface area contributed by atoms with Crippen molar-refractivity contribution in [2.24, 2.45) is 17.4 Å². The fourth-order valence-electron chi connectivity index (χ4n) is 4.07. The minimum Gasteiger partial charge on any atom is -0.403 e. The lowest BCUT2D eigenvalue weighted by molar-refractivity contribution is 0.269. The van der Waals surface area contributed by atoms with Crippen molar-refractivity contribution in [2.75, 3.05) is 18.8 Å². The fraction of sp³-hybridized carbons (Fsp3) is 0.385. The Bertz CT molecular complexity index is 956. The van der Waals surface area contributed by atoms with E-state index in [-0.39, 0.29) is 0 Å². The number of piperidine rings is 1. The van der Waals surface area contributed by atoms with Crippen molar-refractivity contribution in [3.63, 3.8) is 0 Å². The molecule has 2 aromatic carbocycles. The first-order valence-corrected chi connectivity index (χ1v) is 12.4. The number of fused-ring (bicyclic) bond motifs is 1. The standard InChI is InChI=1S/C24H30N4S.C2H6/c25-17-23(26)21-6-7-24-22(16-21)10-12-27(24)18-20-8-13-28(14-9-20)29-15-11-19-4-2-1-3-5-19;1-2/h1-7,10,12,16-17,20H,8-9,11,13-15,18,25-26H2;1-2H3/b23-17-;. The molecule has 0 unspecified atom stereocenters. The van der Waals surface area contributed by atoms with Crippen LogP contribution in [0.15, 0.2) is 67.0 Å². The average molecular weight is 437 g/mol. The first kappa shape index (κ1) is 23.3. The largest absolute Gasteiger partial charge is 0.403 e. The molecule has 1 aliphatic rings. The molecule has 0 atom stereocenters. The Labute approximate surface area is 191 Å². The number of aromatic nitrogens is 1. The fourth-order valence-corrected chi connectivity index (χ4v) is 5.13. The van der Waals surface area contributed by atoms with Gasteiger partial charge in [-0.25, -0.2) is 0 Å². The second-order valence-electron chi connectivity index (χ2n) is 7.80. The first-order valence-electron chi connectivity index (χ1n) is 11.4. The maximum Gasteiger partial charge on any atom is 0.0545 e. The van der Waals surface area contributed by atoms with Crippen LogP contribution in [-0.2, 0) is 13.0 Å². The molecular weight excluding hydrogens is 400 g/mol. The predicted molar refractivity (Wildman–Crippen MR) is 137 cm³/mol. The summed E-state index contributed by atoms with van der Waals surface area (Å²) < 4.78 is 4.95. The molecule has 0 radical (unpaired) electrons. The van der Waals surface area contributed by atoms with Crippen molar-refractivity contribution in [2.45, 2.75) is 39.7 Å². The maximum atomic E-state index is 5.94. The van der Waals surface area contributed by atoms with Gasteiger partial charge in [0.25, 0.3) is 0 Å². The summed E-state index contributed by atoms with van der Waals surface area (Å²) in [6, 6.07) is 19.3. The molecule has 2 heterocycles. The highest BCUT2D eigenvalue weighted by molar-refractivity contribution is 7.97. The Morgan fingerprint density at radius 1 is 1.06 bits per heavy atom. The Morgan fingerprint density at radius 2 is 1.81 bits per heavy atom. The molecular formula is C26H36N4S. The van der Waals surface area contributed by atoms with Crippen LogP contribution in [0.3, 0.4) is 0 Å². The Kier molecular flexibility index (Phi) is 8.92. The molecule has 166 valence electrons. The van der Waals surface area contributed by atoms with E-state index in [1.165, 1.54) is 54.4 Å². The third-order valence-corrected chi connectivity index (χ3v) is 6.94. The lowest BCUT2D eigenvalue weighted by Gasteiger charge is -2.31. The smallest absolute Gasteiger partial charge is 0.0545 e. The van der Waals surface area contributed by atoms with Gasteiger partial charge in [0.05, 0.1) is 5.70 Å². The Balaban J connectivity index is 0.00000132. The molecule has 4 nitrogen and oxygen atoms in total. The second-order valence-corrected chi connectivity index (χ2v) is 8.99. The van der Waals surface area contributed by atoms with Crippen molar-refractivity contribution in [1.29, 1.82) is 0 Å². The van der Waals surface area contributed by atoms with E-state index in [1.54, 1.807) is 0 Å². The van der Waals surface area contributed by atoms with E-state index in [0.717, 1.165) is 24.4 Å². The van der Waals surface area contributed by atoms with Gasteiger partial charge >= 0.3 is 0 Å². The highest BCUT2D eigenvalue weighted by atomic mass is 32.2. The molecule has 1 aromatic heterocycles. The third kappa shape index (κ3) is 6.31. The van der Waals surface area contributed by atoms with Crippen LogP contribution in [0.5, 0.6) is 0 Å². The van der Waals surface area contributed by atoms with E-state index in [4.69, 9.17) is 11.5 Å². The van der Waals surface area contributed by atoms with Gasteiger partial charge in [0, 0.05) is 48.7 Å². The summed E-state index contributed by atoms with van der Waals surface area (Å²) in [5.41, 5.74) is 15.8. The molecule has 0 spiro atoms. The number of rotatable bonds is 7. The molecule has 4 N–H and O–H groups in total. The molecule has 3 aromatic rings. The summed E-state index contributed by atoms with van der Waals surface area (Å²) in [6.07, 6.45) is 7.34. The van der Waals surface area contributed by atoms with Crippen molar-refractivity contribution < 1.29 is 0 Å². The van der Waals surface area contributed by atoms with Crippen LogP contribution < -0.4 is 11.5 Å². The predicted octanol–water partition coefficient (Wildman–Crippen LogP) is 5.49. The average Bonchev–Trinajstić information content (AvgIpc) is 3.23. The molecule has 4 rings (SSSR count). The van der Waals surface area contributed by atoms with Crippen LogP contribution in [0, 0.1) is 5.92 Å². The van der Waals surface area contributed by atoms with E-state index in [1.807, 2.05) is 25.8 Å². The van der Waals surface area contributed by atoms with E-state index in [9.17, 15) is 0 Å². The van der Waals surface area contributed by atoms with Crippen molar-refractivity contribution in [1.82, 2.24) is 8.87 Å². The topological polar surface area (TPSA) is 60.2 Å². The lowest BCUT2D eigenvalue weighted by Crippen LogP contribution is -2.30. The normalized spacial score (nSPS) is 15.6. The van der Waals surface area contributed by atoms with Gasteiger partial charge in [0.1, 0.15) is 0 Å². The van der Waals surface area contributed by atoms with Gasteiger partial charge in [-0.3, -0.25) is 4.31 Å². The summed E-state index contributed by atoms with van der Waals surface area (Å²) in [7, 11) is 0. The molecule has 0 amide bonds.